The average molecular weight is 300 g/mol. The molecule has 2 aromatic heterocycles. The van der Waals surface area contributed by atoms with Crippen LogP contribution in [0.2, 0.25) is 0 Å². The SMILES string of the molecule is NC1(COc2nccn3nc(C(F)(F)F)cc23)CCCC1. The Hall–Kier alpha value is -1.83. The van der Waals surface area contributed by atoms with Crippen LogP contribution in [0.15, 0.2) is 18.5 Å². The third-order valence-corrected chi connectivity index (χ3v) is 3.74. The fourth-order valence-electron chi connectivity index (χ4n) is 2.58. The van der Waals surface area contributed by atoms with Crippen LogP contribution >= 0.6 is 0 Å². The highest BCUT2D eigenvalue weighted by Gasteiger charge is 2.35. The molecule has 1 aliphatic carbocycles. The third kappa shape index (κ3) is 2.80. The van der Waals surface area contributed by atoms with E-state index in [0.29, 0.717) is 0 Å². The molecular formula is C13H15F3N4O. The van der Waals surface area contributed by atoms with Gasteiger partial charge in [-0.25, -0.2) is 9.50 Å². The Morgan fingerprint density at radius 3 is 2.71 bits per heavy atom. The highest BCUT2D eigenvalue weighted by Crippen LogP contribution is 2.31. The van der Waals surface area contributed by atoms with Gasteiger partial charge in [0.15, 0.2) is 5.69 Å². The van der Waals surface area contributed by atoms with Crippen LogP contribution in [0.1, 0.15) is 31.4 Å². The first-order valence-corrected chi connectivity index (χ1v) is 6.71. The molecule has 0 radical (unpaired) electrons. The van der Waals surface area contributed by atoms with Crippen LogP contribution in [-0.2, 0) is 6.18 Å². The molecule has 0 aliphatic heterocycles. The number of alkyl halides is 3. The molecule has 3 rings (SSSR count). The number of halogens is 3. The first-order valence-electron chi connectivity index (χ1n) is 6.71. The van der Waals surface area contributed by atoms with Crippen molar-refractivity contribution < 1.29 is 17.9 Å². The minimum absolute atomic E-state index is 0.122. The van der Waals surface area contributed by atoms with Crippen molar-refractivity contribution in [3.05, 3.63) is 24.2 Å². The molecule has 1 saturated carbocycles. The summed E-state index contributed by atoms with van der Waals surface area (Å²) in [5.74, 6) is 0.122. The van der Waals surface area contributed by atoms with Crippen LogP contribution in [0.5, 0.6) is 5.88 Å². The summed E-state index contributed by atoms with van der Waals surface area (Å²) in [5.41, 5.74) is 4.97. The normalized spacial score (nSPS) is 18.3. The molecule has 0 saturated heterocycles. The fourth-order valence-corrected chi connectivity index (χ4v) is 2.58. The molecule has 0 aromatic carbocycles. The van der Waals surface area contributed by atoms with Gasteiger partial charge in [-0.1, -0.05) is 12.8 Å². The van der Waals surface area contributed by atoms with E-state index in [-0.39, 0.29) is 18.0 Å². The molecule has 5 nitrogen and oxygen atoms in total. The lowest BCUT2D eigenvalue weighted by Gasteiger charge is -2.23. The van der Waals surface area contributed by atoms with Gasteiger partial charge in [-0.2, -0.15) is 18.3 Å². The second-order valence-corrected chi connectivity index (χ2v) is 5.45. The van der Waals surface area contributed by atoms with Crippen LogP contribution < -0.4 is 10.5 Å². The molecule has 0 unspecified atom stereocenters. The van der Waals surface area contributed by atoms with E-state index in [9.17, 15) is 13.2 Å². The number of ether oxygens (including phenoxy) is 1. The zero-order chi connectivity index (χ0) is 15.1. The summed E-state index contributed by atoms with van der Waals surface area (Å²) in [5, 5.41) is 3.48. The van der Waals surface area contributed by atoms with E-state index in [4.69, 9.17) is 10.5 Å². The number of fused-ring (bicyclic) bond motifs is 1. The van der Waals surface area contributed by atoms with Gasteiger partial charge in [0.2, 0.25) is 5.88 Å². The second-order valence-electron chi connectivity index (χ2n) is 5.45. The summed E-state index contributed by atoms with van der Waals surface area (Å²) in [4.78, 5) is 3.99. The summed E-state index contributed by atoms with van der Waals surface area (Å²) < 4.78 is 44.8. The maximum absolute atomic E-state index is 12.7. The van der Waals surface area contributed by atoms with E-state index in [1.54, 1.807) is 0 Å². The minimum atomic E-state index is -4.50. The van der Waals surface area contributed by atoms with Gasteiger partial charge in [-0.15, -0.1) is 0 Å². The number of hydrogen-bond donors (Lipinski definition) is 1. The number of nitrogens with two attached hydrogens (primary N) is 1. The number of nitrogens with zero attached hydrogens (tertiary/aromatic N) is 3. The topological polar surface area (TPSA) is 65.4 Å². The molecule has 2 N–H and O–H groups in total. The van der Waals surface area contributed by atoms with Crippen molar-refractivity contribution in [3.63, 3.8) is 0 Å². The standard InChI is InChI=1S/C13H15F3N4O/c14-13(15,16)10-7-9-11(18-5-6-20(9)19-10)21-8-12(17)3-1-2-4-12/h5-7H,1-4,8,17H2. The quantitative estimate of drug-likeness (QED) is 0.945. The monoisotopic (exact) mass is 300 g/mol. The first kappa shape index (κ1) is 14.1. The summed E-state index contributed by atoms with van der Waals surface area (Å²) in [7, 11) is 0. The van der Waals surface area contributed by atoms with Crippen molar-refractivity contribution in [1.29, 1.82) is 0 Å². The molecule has 8 heteroatoms. The van der Waals surface area contributed by atoms with Crippen LogP contribution in [0, 0.1) is 0 Å². The van der Waals surface area contributed by atoms with E-state index >= 15 is 0 Å². The van der Waals surface area contributed by atoms with E-state index in [1.165, 1.54) is 12.4 Å². The molecule has 0 bridgehead atoms. The average Bonchev–Trinajstić information content (AvgIpc) is 3.02. The lowest BCUT2D eigenvalue weighted by atomic mass is 10.0. The lowest BCUT2D eigenvalue weighted by Crippen LogP contribution is -2.42. The number of hydrogen-bond acceptors (Lipinski definition) is 4. The van der Waals surface area contributed by atoms with Crippen LogP contribution in [0.3, 0.4) is 0 Å². The Labute approximate surface area is 118 Å². The smallest absolute Gasteiger partial charge is 0.435 e. The molecule has 114 valence electrons. The van der Waals surface area contributed by atoms with Crippen molar-refractivity contribution in [2.75, 3.05) is 6.61 Å². The van der Waals surface area contributed by atoms with Gasteiger partial charge in [0.05, 0.1) is 5.54 Å². The minimum Gasteiger partial charge on any atom is -0.474 e. The van der Waals surface area contributed by atoms with Crippen molar-refractivity contribution in [1.82, 2.24) is 14.6 Å². The zero-order valence-electron chi connectivity index (χ0n) is 11.2. The molecule has 2 aromatic rings. The molecule has 1 aliphatic rings. The summed E-state index contributed by atoms with van der Waals surface area (Å²) >= 11 is 0. The molecular weight excluding hydrogens is 285 g/mol. The predicted octanol–water partition coefficient (Wildman–Crippen LogP) is 2.40. The molecule has 21 heavy (non-hydrogen) atoms. The fraction of sp³-hybridized carbons (Fsp3) is 0.538. The van der Waals surface area contributed by atoms with E-state index in [1.807, 2.05) is 0 Å². The maximum atomic E-state index is 12.7. The predicted molar refractivity (Wildman–Crippen MR) is 68.9 cm³/mol. The van der Waals surface area contributed by atoms with Crippen LogP contribution in [-0.4, -0.2) is 26.7 Å². The highest BCUT2D eigenvalue weighted by molar-refractivity contribution is 5.56. The molecule has 0 spiro atoms. The van der Waals surface area contributed by atoms with Gasteiger partial charge >= 0.3 is 6.18 Å². The van der Waals surface area contributed by atoms with Crippen molar-refractivity contribution >= 4 is 5.52 Å². The van der Waals surface area contributed by atoms with Crippen LogP contribution in [0.25, 0.3) is 5.52 Å². The van der Waals surface area contributed by atoms with Gasteiger partial charge in [-0.05, 0) is 12.8 Å². The Balaban J connectivity index is 1.86. The van der Waals surface area contributed by atoms with Crippen molar-refractivity contribution in [2.24, 2.45) is 5.73 Å². The van der Waals surface area contributed by atoms with Gasteiger partial charge in [0, 0.05) is 18.5 Å². The number of rotatable bonds is 3. The molecule has 0 atom stereocenters. The van der Waals surface area contributed by atoms with E-state index in [0.717, 1.165) is 36.3 Å². The summed E-state index contributed by atoms with van der Waals surface area (Å²) in [6.45, 7) is 0.242. The van der Waals surface area contributed by atoms with Crippen LogP contribution in [0.4, 0.5) is 13.2 Å². The third-order valence-electron chi connectivity index (χ3n) is 3.74. The first-order chi connectivity index (χ1) is 9.87. The largest absolute Gasteiger partial charge is 0.474 e. The Morgan fingerprint density at radius 1 is 1.33 bits per heavy atom. The molecule has 2 heterocycles. The van der Waals surface area contributed by atoms with Gasteiger partial charge in [-0.3, -0.25) is 0 Å². The van der Waals surface area contributed by atoms with Crippen molar-refractivity contribution in [2.45, 2.75) is 37.4 Å². The zero-order valence-corrected chi connectivity index (χ0v) is 11.2. The summed E-state index contributed by atoms with van der Waals surface area (Å²) in [6.07, 6.45) is 2.00. The van der Waals surface area contributed by atoms with E-state index < -0.39 is 17.4 Å². The van der Waals surface area contributed by atoms with Gasteiger partial charge < -0.3 is 10.5 Å². The second kappa shape index (κ2) is 4.87. The Kier molecular flexibility index (Phi) is 3.27. The van der Waals surface area contributed by atoms with Crippen molar-refractivity contribution in [3.8, 4) is 5.88 Å². The Bertz CT molecular complexity index is 646. The summed E-state index contributed by atoms with van der Waals surface area (Å²) in [6, 6.07) is 0.931. The van der Waals surface area contributed by atoms with Gasteiger partial charge in [0.1, 0.15) is 12.1 Å². The molecule has 1 fully saturated rings. The Morgan fingerprint density at radius 2 is 2.05 bits per heavy atom. The maximum Gasteiger partial charge on any atom is 0.435 e. The van der Waals surface area contributed by atoms with E-state index in [2.05, 4.69) is 10.1 Å². The highest BCUT2D eigenvalue weighted by atomic mass is 19.4. The number of aromatic nitrogens is 3. The molecule has 0 amide bonds. The van der Waals surface area contributed by atoms with Gasteiger partial charge in [0.25, 0.3) is 0 Å². The lowest BCUT2D eigenvalue weighted by molar-refractivity contribution is -0.141.